The maximum Gasteiger partial charge on any atom is 0.340 e. The summed E-state index contributed by atoms with van der Waals surface area (Å²) in [6.07, 6.45) is 1.42. The third-order valence-corrected chi connectivity index (χ3v) is 4.00. The SMILES string of the molecule is CCOC(=O)C1=C(C)N(CCOC)C(=O)/C1=C\c1ccccc1C(=O)O. The molecule has 1 N–H and O–H groups in total. The number of rotatable bonds is 7. The number of carboxylic acids is 1. The summed E-state index contributed by atoms with van der Waals surface area (Å²) in [6.45, 7) is 4.08. The topological polar surface area (TPSA) is 93.1 Å². The second kappa shape index (κ2) is 8.44. The Kier molecular flexibility index (Phi) is 6.30. The van der Waals surface area contributed by atoms with E-state index in [9.17, 15) is 19.5 Å². The Hall–Kier alpha value is -2.93. The van der Waals surface area contributed by atoms with Crippen molar-refractivity contribution >= 4 is 23.9 Å². The highest BCUT2D eigenvalue weighted by Crippen LogP contribution is 2.32. The molecule has 0 aromatic heterocycles. The van der Waals surface area contributed by atoms with E-state index in [-0.39, 0.29) is 35.8 Å². The summed E-state index contributed by atoms with van der Waals surface area (Å²) in [5.41, 5.74) is 1.11. The highest BCUT2D eigenvalue weighted by molar-refractivity contribution is 6.16. The van der Waals surface area contributed by atoms with Gasteiger partial charge in [0.2, 0.25) is 0 Å². The number of aromatic carboxylic acids is 1. The van der Waals surface area contributed by atoms with Gasteiger partial charge in [0.25, 0.3) is 5.91 Å². The second-order valence-corrected chi connectivity index (χ2v) is 5.58. The van der Waals surface area contributed by atoms with Crippen LogP contribution in [0.3, 0.4) is 0 Å². The maximum absolute atomic E-state index is 12.8. The van der Waals surface area contributed by atoms with Gasteiger partial charge >= 0.3 is 11.9 Å². The van der Waals surface area contributed by atoms with Crippen LogP contribution in [0.4, 0.5) is 0 Å². The number of carboxylic acid groups (broad SMARTS) is 1. The van der Waals surface area contributed by atoms with Crippen molar-refractivity contribution in [1.29, 1.82) is 0 Å². The number of nitrogens with zero attached hydrogens (tertiary/aromatic N) is 1. The van der Waals surface area contributed by atoms with Crippen molar-refractivity contribution in [1.82, 2.24) is 4.90 Å². The zero-order valence-electron chi connectivity index (χ0n) is 14.9. The van der Waals surface area contributed by atoms with Crippen LogP contribution in [0, 0.1) is 0 Å². The van der Waals surface area contributed by atoms with E-state index in [1.54, 1.807) is 32.0 Å². The average Bonchev–Trinajstić information content (AvgIpc) is 2.84. The second-order valence-electron chi connectivity index (χ2n) is 5.58. The lowest BCUT2D eigenvalue weighted by Crippen LogP contribution is -2.28. The molecule has 0 saturated carbocycles. The van der Waals surface area contributed by atoms with Crippen molar-refractivity contribution in [3.05, 3.63) is 52.2 Å². The van der Waals surface area contributed by atoms with Crippen LogP contribution in [0.15, 0.2) is 41.1 Å². The van der Waals surface area contributed by atoms with E-state index in [0.29, 0.717) is 17.9 Å². The Morgan fingerprint density at radius 3 is 2.58 bits per heavy atom. The summed E-state index contributed by atoms with van der Waals surface area (Å²) in [5, 5.41) is 9.34. The summed E-state index contributed by atoms with van der Waals surface area (Å²) in [6, 6.07) is 6.29. The van der Waals surface area contributed by atoms with Crippen molar-refractivity contribution in [2.24, 2.45) is 0 Å². The quantitative estimate of drug-likeness (QED) is 0.592. The predicted octanol–water partition coefficient (Wildman–Crippen LogP) is 2.09. The van der Waals surface area contributed by atoms with E-state index in [1.165, 1.54) is 24.2 Å². The van der Waals surface area contributed by atoms with Crippen LogP contribution in [0.25, 0.3) is 6.08 Å². The van der Waals surface area contributed by atoms with Gasteiger partial charge in [-0.05, 0) is 31.6 Å². The van der Waals surface area contributed by atoms with Crippen LogP contribution >= 0.6 is 0 Å². The van der Waals surface area contributed by atoms with Gasteiger partial charge in [0, 0.05) is 19.4 Å². The molecule has 0 aliphatic carbocycles. The maximum atomic E-state index is 12.8. The first kappa shape index (κ1) is 19.4. The number of carbonyl (C=O) groups excluding carboxylic acids is 2. The number of hydrogen-bond acceptors (Lipinski definition) is 5. The minimum absolute atomic E-state index is 0.0454. The normalized spacial score (nSPS) is 15.7. The molecule has 0 saturated heterocycles. The third-order valence-electron chi connectivity index (χ3n) is 4.00. The van der Waals surface area contributed by atoms with Crippen LogP contribution < -0.4 is 0 Å². The summed E-state index contributed by atoms with van der Waals surface area (Å²) in [5.74, 6) is -2.11. The van der Waals surface area contributed by atoms with Crippen molar-refractivity contribution in [3.63, 3.8) is 0 Å². The van der Waals surface area contributed by atoms with Gasteiger partial charge in [0.15, 0.2) is 0 Å². The van der Waals surface area contributed by atoms with Gasteiger partial charge in [-0.15, -0.1) is 0 Å². The van der Waals surface area contributed by atoms with E-state index in [1.807, 2.05) is 0 Å². The van der Waals surface area contributed by atoms with Gasteiger partial charge in [-0.3, -0.25) is 4.79 Å². The fourth-order valence-electron chi connectivity index (χ4n) is 2.75. The molecule has 0 spiro atoms. The predicted molar refractivity (Wildman–Crippen MR) is 94.3 cm³/mol. The van der Waals surface area contributed by atoms with Gasteiger partial charge in [-0.1, -0.05) is 18.2 Å². The molecule has 7 nitrogen and oxygen atoms in total. The number of allylic oxidation sites excluding steroid dienone is 1. The smallest absolute Gasteiger partial charge is 0.340 e. The van der Waals surface area contributed by atoms with Crippen LogP contribution in [0.2, 0.25) is 0 Å². The summed E-state index contributed by atoms with van der Waals surface area (Å²) in [4.78, 5) is 38.1. The average molecular weight is 359 g/mol. The summed E-state index contributed by atoms with van der Waals surface area (Å²) >= 11 is 0. The number of hydrogen-bond donors (Lipinski definition) is 1. The van der Waals surface area contributed by atoms with Crippen LogP contribution in [0.1, 0.15) is 29.8 Å². The molecule has 0 radical (unpaired) electrons. The van der Waals surface area contributed by atoms with E-state index in [0.717, 1.165) is 0 Å². The monoisotopic (exact) mass is 359 g/mol. The number of esters is 1. The molecule has 26 heavy (non-hydrogen) atoms. The molecule has 1 aliphatic heterocycles. The zero-order valence-corrected chi connectivity index (χ0v) is 14.9. The Bertz CT molecular complexity index is 793. The molecule has 0 fully saturated rings. The standard InChI is InChI=1S/C19H21NO6/c1-4-26-19(24)16-12(2)20(9-10-25-3)17(21)15(16)11-13-7-5-6-8-14(13)18(22)23/h5-8,11H,4,9-10H2,1-3H3,(H,22,23)/b15-11-. The van der Waals surface area contributed by atoms with E-state index >= 15 is 0 Å². The number of amides is 1. The number of carbonyl (C=O) groups is 3. The summed E-state index contributed by atoms with van der Waals surface area (Å²) in [7, 11) is 1.52. The Labute approximate surface area is 151 Å². The van der Waals surface area contributed by atoms with Gasteiger partial charge in [0.05, 0.1) is 29.9 Å². The van der Waals surface area contributed by atoms with E-state index in [2.05, 4.69) is 0 Å². The number of methoxy groups -OCH3 is 1. The molecule has 1 aromatic rings. The fourth-order valence-corrected chi connectivity index (χ4v) is 2.75. The highest BCUT2D eigenvalue weighted by Gasteiger charge is 2.37. The molecule has 2 rings (SSSR count). The van der Waals surface area contributed by atoms with E-state index in [4.69, 9.17) is 9.47 Å². The lowest BCUT2D eigenvalue weighted by Gasteiger charge is -2.16. The van der Waals surface area contributed by atoms with Crippen LogP contribution in [-0.2, 0) is 19.1 Å². The van der Waals surface area contributed by atoms with Crippen molar-refractivity contribution in [2.75, 3.05) is 26.9 Å². The first-order chi connectivity index (χ1) is 12.4. The molecule has 138 valence electrons. The first-order valence-electron chi connectivity index (χ1n) is 8.15. The highest BCUT2D eigenvalue weighted by atomic mass is 16.5. The summed E-state index contributed by atoms with van der Waals surface area (Å²) < 4.78 is 10.1. The molecule has 7 heteroatoms. The third kappa shape index (κ3) is 3.83. The van der Waals surface area contributed by atoms with Gasteiger partial charge in [-0.25, -0.2) is 9.59 Å². The van der Waals surface area contributed by atoms with Gasteiger partial charge < -0.3 is 19.5 Å². The molecule has 0 atom stereocenters. The molecular weight excluding hydrogens is 338 g/mol. The molecule has 1 aliphatic rings. The zero-order chi connectivity index (χ0) is 19.3. The van der Waals surface area contributed by atoms with Crippen molar-refractivity contribution < 1.29 is 29.0 Å². The van der Waals surface area contributed by atoms with Crippen molar-refractivity contribution in [2.45, 2.75) is 13.8 Å². The minimum Gasteiger partial charge on any atom is -0.478 e. The largest absolute Gasteiger partial charge is 0.478 e. The first-order valence-corrected chi connectivity index (χ1v) is 8.15. The minimum atomic E-state index is -1.11. The molecule has 1 heterocycles. The Morgan fingerprint density at radius 1 is 1.27 bits per heavy atom. The molecule has 1 aromatic carbocycles. The Balaban J connectivity index is 2.56. The van der Waals surface area contributed by atoms with Crippen molar-refractivity contribution in [3.8, 4) is 0 Å². The van der Waals surface area contributed by atoms with E-state index < -0.39 is 11.9 Å². The molecule has 1 amide bonds. The Morgan fingerprint density at radius 2 is 1.96 bits per heavy atom. The fraction of sp³-hybridized carbons (Fsp3) is 0.316. The number of ether oxygens (including phenoxy) is 2. The van der Waals surface area contributed by atoms with Crippen LogP contribution in [-0.4, -0.2) is 54.7 Å². The lowest BCUT2D eigenvalue weighted by molar-refractivity contribution is -0.138. The molecular formula is C19H21NO6. The van der Waals surface area contributed by atoms with Gasteiger partial charge in [0.1, 0.15) is 0 Å². The number of benzene rings is 1. The van der Waals surface area contributed by atoms with Gasteiger partial charge in [-0.2, -0.15) is 0 Å². The molecule has 0 unspecified atom stereocenters. The van der Waals surface area contributed by atoms with Crippen LogP contribution in [0.5, 0.6) is 0 Å². The molecule has 0 bridgehead atoms. The lowest BCUT2D eigenvalue weighted by atomic mass is 10.0.